The number of aliphatic carboxylic acids is 1. The number of carboxylic acids is 1. The Labute approximate surface area is 414 Å². The van der Waals surface area contributed by atoms with Crippen LogP contribution in [-0.2, 0) is 52.5 Å². The number of hydrogen-bond acceptors (Lipinski definition) is 11. The molecule has 0 heterocycles. The smallest absolute Gasteiger partial charge is 0.326 e. The molecule has 0 aliphatic rings. The predicted octanol–water partition coefficient (Wildman–Crippen LogP) is 5.94. The zero-order chi connectivity index (χ0) is 51.0. The van der Waals surface area contributed by atoms with Crippen molar-refractivity contribution < 1.29 is 57.6 Å². The van der Waals surface area contributed by atoms with Gasteiger partial charge in [0.15, 0.2) is 0 Å². The third-order valence-electron chi connectivity index (χ3n) is 11.2. The monoisotopic (exact) mass is 983 g/mol. The van der Waals surface area contributed by atoms with Gasteiger partial charge in [-0.15, -0.1) is 6.58 Å². The molecule has 0 aromatic carbocycles. The van der Waals surface area contributed by atoms with Gasteiger partial charge in [0.2, 0.25) is 35.4 Å². The van der Waals surface area contributed by atoms with E-state index < -0.39 is 18.1 Å². The van der Waals surface area contributed by atoms with Gasteiger partial charge in [-0.2, -0.15) is 0 Å². The quantitative estimate of drug-likeness (QED) is 0.0277. The number of allylic oxidation sites excluding steroid dienone is 1. The van der Waals surface area contributed by atoms with Gasteiger partial charge in [-0.1, -0.05) is 96.5 Å². The minimum absolute atomic E-state index is 0.0663. The van der Waals surface area contributed by atoms with E-state index in [0.717, 1.165) is 25.7 Å². The molecule has 0 fully saturated rings. The largest absolute Gasteiger partial charge is 0.480 e. The van der Waals surface area contributed by atoms with Gasteiger partial charge >= 0.3 is 5.97 Å². The number of rotatable bonds is 50. The van der Waals surface area contributed by atoms with Gasteiger partial charge in [-0.3, -0.25) is 28.8 Å². The van der Waals surface area contributed by atoms with Gasteiger partial charge in [0.25, 0.3) is 0 Å². The van der Waals surface area contributed by atoms with Crippen LogP contribution in [0.3, 0.4) is 0 Å². The lowest BCUT2D eigenvalue weighted by atomic mass is 10.0. The van der Waals surface area contributed by atoms with E-state index in [-0.39, 0.29) is 94.3 Å². The van der Waals surface area contributed by atoms with Crippen LogP contribution in [0.4, 0.5) is 0 Å². The second-order valence-electron chi connectivity index (χ2n) is 17.6. The van der Waals surface area contributed by atoms with Gasteiger partial charge in [0.1, 0.15) is 12.1 Å². The van der Waals surface area contributed by atoms with Gasteiger partial charge in [0, 0.05) is 58.3 Å². The van der Waals surface area contributed by atoms with Crippen LogP contribution in [0.15, 0.2) is 12.2 Å². The molecule has 0 bridgehead atoms. The Balaban J connectivity index is 3.71. The van der Waals surface area contributed by atoms with Crippen molar-refractivity contribution >= 4 is 41.4 Å². The third kappa shape index (κ3) is 44.8. The van der Waals surface area contributed by atoms with Crippen LogP contribution in [0, 0.1) is 0 Å². The highest BCUT2D eigenvalue weighted by atomic mass is 16.5. The first-order chi connectivity index (χ1) is 33.4. The first-order valence-corrected chi connectivity index (χ1v) is 26.2. The second-order valence-corrected chi connectivity index (χ2v) is 17.6. The molecule has 2 atom stereocenters. The number of ether oxygens (including phenoxy) is 4. The highest BCUT2D eigenvalue weighted by molar-refractivity contribution is 5.87. The lowest BCUT2D eigenvalue weighted by molar-refractivity contribution is -0.142. The number of carbonyl (C=O) groups excluding carboxylic acids is 6. The summed E-state index contributed by atoms with van der Waals surface area (Å²) in [7, 11) is 0. The zero-order valence-electron chi connectivity index (χ0n) is 43.0. The van der Waals surface area contributed by atoms with E-state index in [1.807, 2.05) is 0 Å². The molecule has 0 aromatic rings. The maximum Gasteiger partial charge on any atom is 0.326 e. The van der Waals surface area contributed by atoms with Gasteiger partial charge in [-0.25, -0.2) is 4.79 Å². The Morgan fingerprint density at radius 3 is 1.30 bits per heavy atom. The molecule has 6 amide bonds. The summed E-state index contributed by atoms with van der Waals surface area (Å²) in [5.74, 6) is -2.23. The lowest BCUT2D eigenvalue weighted by Gasteiger charge is -2.18. The van der Waals surface area contributed by atoms with E-state index in [9.17, 15) is 38.7 Å². The summed E-state index contributed by atoms with van der Waals surface area (Å²) in [5, 5.41) is 26.0. The standard InChI is InChI=1S/C51H94N6O12/c1-5-45(58)52-31-23-26-43(56-46(59)6-2)50(63)55-33-37-69-41-39-67-35-29-48(61)54-32-36-68-40-38-66-34-28-47(60)53-30-22-21-25-44(51(64)65)57-49(62)27-20-18-16-14-12-10-8-7-9-11-13-15-17-19-24-42(3)4/h43-44H,3,5-41H2,1-2,4H3,(H,52,58)(H,53,60)(H,54,61)(H,55,63)(H,56,59)(H,57,62)(H,64,65). The van der Waals surface area contributed by atoms with Crippen LogP contribution in [0.25, 0.3) is 0 Å². The number of unbranched alkanes of at least 4 members (excludes halogenated alkanes) is 14. The van der Waals surface area contributed by atoms with Crippen molar-refractivity contribution in [3.8, 4) is 0 Å². The summed E-state index contributed by atoms with van der Waals surface area (Å²) in [6, 6.07) is -1.63. The van der Waals surface area contributed by atoms with Crippen LogP contribution in [0.5, 0.6) is 0 Å². The molecule has 18 nitrogen and oxygen atoms in total. The normalized spacial score (nSPS) is 11.9. The van der Waals surface area contributed by atoms with Crippen molar-refractivity contribution in [2.45, 2.75) is 193 Å². The molecular weight excluding hydrogens is 889 g/mol. The Bertz CT molecular complexity index is 1390. The molecule has 18 heteroatoms. The minimum Gasteiger partial charge on any atom is -0.480 e. The third-order valence-corrected chi connectivity index (χ3v) is 11.2. The summed E-state index contributed by atoms with van der Waals surface area (Å²) in [5.41, 5.74) is 1.29. The van der Waals surface area contributed by atoms with Crippen molar-refractivity contribution in [2.24, 2.45) is 0 Å². The Hall–Kier alpha value is -4.13. The zero-order valence-corrected chi connectivity index (χ0v) is 43.0. The summed E-state index contributed by atoms with van der Waals surface area (Å²) >= 11 is 0. The van der Waals surface area contributed by atoms with Crippen LogP contribution in [0.1, 0.15) is 181 Å². The topological polar surface area (TPSA) is 249 Å². The fraction of sp³-hybridized carbons (Fsp3) is 0.824. The van der Waals surface area contributed by atoms with Gasteiger partial charge < -0.3 is 56.0 Å². The van der Waals surface area contributed by atoms with E-state index >= 15 is 0 Å². The Morgan fingerprint density at radius 2 is 0.812 bits per heavy atom. The molecule has 400 valence electrons. The Morgan fingerprint density at radius 1 is 0.406 bits per heavy atom. The molecule has 7 N–H and O–H groups in total. The maximum absolute atomic E-state index is 12.6. The molecule has 0 radical (unpaired) electrons. The highest BCUT2D eigenvalue weighted by Gasteiger charge is 2.20. The number of carboxylic acid groups (broad SMARTS) is 1. The average Bonchev–Trinajstić information content (AvgIpc) is 3.32. The molecule has 0 saturated carbocycles. The van der Waals surface area contributed by atoms with E-state index in [1.165, 1.54) is 76.2 Å². The summed E-state index contributed by atoms with van der Waals surface area (Å²) in [4.78, 5) is 84.1. The van der Waals surface area contributed by atoms with Crippen molar-refractivity contribution in [3.63, 3.8) is 0 Å². The highest BCUT2D eigenvalue weighted by Crippen LogP contribution is 2.15. The van der Waals surface area contributed by atoms with Crippen LogP contribution >= 0.6 is 0 Å². The molecule has 0 aliphatic carbocycles. The molecule has 0 saturated heterocycles. The molecule has 0 spiro atoms. The lowest BCUT2D eigenvalue weighted by Crippen LogP contribution is -2.47. The van der Waals surface area contributed by atoms with Gasteiger partial charge in [-0.05, 0) is 58.3 Å². The molecule has 0 aromatic heterocycles. The number of hydrogen-bond donors (Lipinski definition) is 7. The van der Waals surface area contributed by atoms with Crippen LogP contribution in [0.2, 0.25) is 0 Å². The van der Waals surface area contributed by atoms with Gasteiger partial charge in [0.05, 0.1) is 52.9 Å². The number of amides is 6. The SMILES string of the molecule is C=C(C)CCCCCCCCCCCCCCCCC(=O)NC(CCCCNC(=O)CCOCCOCCNC(=O)CCOCCOCCNC(=O)C(CCCNC(=O)CC)NC(=O)CC)C(=O)O. The predicted molar refractivity (Wildman–Crippen MR) is 268 cm³/mol. The molecular formula is C51H94N6O12. The molecule has 0 aliphatic heterocycles. The first kappa shape index (κ1) is 64.9. The molecule has 0 rings (SSSR count). The fourth-order valence-electron chi connectivity index (χ4n) is 7.07. The van der Waals surface area contributed by atoms with E-state index in [1.54, 1.807) is 13.8 Å². The summed E-state index contributed by atoms with van der Waals surface area (Å²) < 4.78 is 21.8. The van der Waals surface area contributed by atoms with E-state index in [2.05, 4.69) is 45.4 Å². The minimum atomic E-state index is -1.05. The summed E-state index contributed by atoms with van der Waals surface area (Å²) in [6.45, 7) is 13.1. The number of carbonyl (C=O) groups is 7. The molecule has 69 heavy (non-hydrogen) atoms. The fourth-order valence-corrected chi connectivity index (χ4v) is 7.07. The maximum atomic E-state index is 12.6. The van der Waals surface area contributed by atoms with Crippen molar-refractivity contribution in [2.75, 3.05) is 79.0 Å². The van der Waals surface area contributed by atoms with E-state index in [4.69, 9.17) is 18.9 Å². The first-order valence-electron chi connectivity index (χ1n) is 26.2. The summed E-state index contributed by atoms with van der Waals surface area (Å²) in [6.07, 6.45) is 22.0. The van der Waals surface area contributed by atoms with Crippen LogP contribution in [-0.4, -0.2) is 138 Å². The average molecular weight is 983 g/mol. The van der Waals surface area contributed by atoms with Crippen molar-refractivity contribution in [1.82, 2.24) is 31.9 Å². The van der Waals surface area contributed by atoms with E-state index in [0.29, 0.717) is 84.4 Å². The number of nitrogens with one attached hydrogen (secondary N) is 6. The van der Waals surface area contributed by atoms with Crippen molar-refractivity contribution in [3.05, 3.63) is 12.2 Å². The van der Waals surface area contributed by atoms with Crippen LogP contribution < -0.4 is 31.9 Å². The molecule has 2 unspecified atom stereocenters. The second kappa shape index (κ2) is 47.5. The van der Waals surface area contributed by atoms with Crippen molar-refractivity contribution in [1.29, 1.82) is 0 Å². The Kier molecular flexibility index (Phi) is 44.7.